The number of nitrogens with one attached hydrogen (secondary N) is 1. The highest BCUT2D eigenvalue weighted by atomic mass is 79.9. The molecule has 0 aliphatic carbocycles. The van der Waals surface area contributed by atoms with E-state index in [9.17, 15) is 8.42 Å². The van der Waals surface area contributed by atoms with E-state index in [1.807, 2.05) is 6.07 Å². The van der Waals surface area contributed by atoms with Gasteiger partial charge >= 0.3 is 0 Å². The Bertz CT molecular complexity index is 808. The zero-order valence-corrected chi connectivity index (χ0v) is 14.5. The van der Waals surface area contributed by atoms with Crippen LogP contribution in [0.15, 0.2) is 32.3 Å². The van der Waals surface area contributed by atoms with E-state index in [1.165, 1.54) is 19.2 Å². The Hall–Kier alpha value is -1.27. The molecule has 0 aliphatic rings. The number of nitrogens with zero attached hydrogens (tertiary/aromatic N) is 1. The van der Waals surface area contributed by atoms with Crippen molar-refractivity contribution in [3.8, 4) is 11.8 Å². The van der Waals surface area contributed by atoms with Gasteiger partial charge in [-0.15, -0.1) is 11.3 Å². The lowest BCUT2D eigenvalue weighted by Gasteiger charge is -2.12. The van der Waals surface area contributed by atoms with Gasteiger partial charge < -0.3 is 4.74 Å². The molecule has 1 heterocycles. The van der Waals surface area contributed by atoms with Gasteiger partial charge in [0.15, 0.2) is 0 Å². The van der Waals surface area contributed by atoms with Gasteiger partial charge in [-0.05, 0) is 34.1 Å². The third kappa shape index (κ3) is 3.32. The molecule has 2 rings (SSSR count). The molecular formula is C12H8BrClN2O3S2. The highest BCUT2D eigenvalue weighted by molar-refractivity contribution is 9.11. The number of halogens is 2. The van der Waals surface area contributed by atoms with E-state index in [0.29, 0.717) is 8.81 Å². The predicted octanol–water partition coefficient (Wildman–Crippen LogP) is 3.85. The molecule has 0 aliphatic heterocycles. The number of rotatable bonds is 4. The van der Waals surface area contributed by atoms with Crippen molar-refractivity contribution in [2.75, 3.05) is 11.8 Å². The van der Waals surface area contributed by atoms with Crippen LogP contribution in [0.3, 0.4) is 0 Å². The van der Waals surface area contributed by atoms with Crippen molar-refractivity contribution in [1.29, 1.82) is 5.26 Å². The van der Waals surface area contributed by atoms with Crippen LogP contribution in [-0.4, -0.2) is 15.5 Å². The van der Waals surface area contributed by atoms with Crippen LogP contribution in [0.2, 0.25) is 5.02 Å². The van der Waals surface area contributed by atoms with Gasteiger partial charge in [0, 0.05) is 0 Å². The highest BCUT2D eigenvalue weighted by Gasteiger charge is 2.22. The van der Waals surface area contributed by atoms with Gasteiger partial charge in [-0.1, -0.05) is 17.7 Å². The largest absolute Gasteiger partial charge is 0.495 e. The summed E-state index contributed by atoms with van der Waals surface area (Å²) < 4.78 is 32.7. The van der Waals surface area contributed by atoms with Gasteiger partial charge in [-0.3, -0.25) is 4.72 Å². The van der Waals surface area contributed by atoms with Gasteiger partial charge in [0.05, 0.1) is 21.5 Å². The molecule has 0 atom stereocenters. The van der Waals surface area contributed by atoms with Crippen molar-refractivity contribution in [3.05, 3.63) is 38.6 Å². The minimum absolute atomic E-state index is 0.0363. The van der Waals surface area contributed by atoms with Crippen LogP contribution >= 0.6 is 38.9 Å². The SMILES string of the molecule is COc1cccc(C#N)c1NS(=O)(=O)c1cc(Cl)c(Br)s1. The summed E-state index contributed by atoms with van der Waals surface area (Å²) in [6, 6.07) is 7.92. The van der Waals surface area contributed by atoms with Crippen molar-refractivity contribution in [2.24, 2.45) is 0 Å². The van der Waals surface area contributed by atoms with Crippen LogP contribution < -0.4 is 9.46 Å². The maximum absolute atomic E-state index is 12.4. The zero-order valence-electron chi connectivity index (χ0n) is 10.6. The first-order valence-corrected chi connectivity index (χ1v) is 8.91. The molecule has 5 nitrogen and oxygen atoms in total. The van der Waals surface area contributed by atoms with E-state index in [2.05, 4.69) is 20.7 Å². The molecular weight excluding hydrogens is 400 g/mol. The van der Waals surface area contributed by atoms with Gasteiger partial charge in [-0.25, -0.2) is 8.42 Å². The third-order valence-corrected chi connectivity index (χ3v) is 6.79. The van der Waals surface area contributed by atoms with E-state index in [1.54, 1.807) is 12.1 Å². The smallest absolute Gasteiger partial charge is 0.271 e. The van der Waals surface area contributed by atoms with Crippen molar-refractivity contribution in [3.63, 3.8) is 0 Å². The van der Waals surface area contributed by atoms with Crippen molar-refractivity contribution < 1.29 is 13.2 Å². The second-order valence-electron chi connectivity index (χ2n) is 3.79. The molecule has 0 bridgehead atoms. The molecule has 0 fully saturated rings. The molecule has 2 aromatic rings. The van der Waals surface area contributed by atoms with Crippen LogP contribution in [-0.2, 0) is 10.0 Å². The minimum Gasteiger partial charge on any atom is -0.495 e. The van der Waals surface area contributed by atoms with E-state index in [-0.39, 0.29) is 21.2 Å². The van der Waals surface area contributed by atoms with E-state index >= 15 is 0 Å². The second-order valence-corrected chi connectivity index (χ2v) is 8.47. The molecule has 0 unspecified atom stereocenters. The normalized spacial score (nSPS) is 11.0. The summed E-state index contributed by atoms with van der Waals surface area (Å²) in [7, 11) is -2.46. The molecule has 1 N–H and O–H groups in total. The number of ether oxygens (including phenoxy) is 1. The molecule has 21 heavy (non-hydrogen) atoms. The standard InChI is InChI=1S/C12H8BrClN2O3S2/c1-19-9-4-2-3-7(6-15)11(9)16-21(17,18)10-5-8(14)12(13)20-10/h2-5,16H,1H3. The summed E-state index contributed by atoms with van der Waals surface area (Å²) >= 11 is 10.00. The number of para-hydroxylation sites is 1. The predicted molar refractivity (Wildman–Crippen MR) is 85.5 cm³/mol. The van der Waals surface area contributed by atoms with E-state index in [0.717, 1.165) is 11.3 Å². The number of nitriles is 1. The Morgan fingerprint density at radius 3 is 2.71 bits per heavy atom. The lowest BCUT2D eigenvalue weighted by atomic mass is 10.2. The quantitative estimate of drug-likeness (QED) is 0.835. The Morgan fingerprint density at radius 2 is 2.19 bits per heavy atom. The lowest BCUT2D eigenvalue weighted by molar-refractivity contribution is 0.417. The molecule has 0 amide bonds. The Balaban J connectivity index is 2.49. The fourth-order valence-corrected chi connectivity index (χ4v) is 5.03. The maximum Gasteiger partial charge on any atom is 0.271 e. The summed E-state index contributed by atoms with van der Waals surface area (Å²) in [5.41, 5.74) is 0.266. The fourth-order valence-electron chi connectivity index (χ4n) is 1.54. The Kier molecular flexibility index (Phi) is 4.78. The summed E-state index contributed by atoms with van der Waals surface area (Å²) in [5, 5.41) is 9.39. The summed E-state index contributed by atoms with van der Waals surface area (Å²) in [4.78, 5) is 0. The number of sulfonamides is 1. The number of methoxy groups -OCH3 is 1. The molecule has 1 aromatic heterocycles. The van der Waals surface area contributed by atoms with E-state index in [4.69, 9.17) is 21.6 Å². The number of thiophene rings is 1. The number of hydrogen-bond acceptors (Lipinski definition) is 5. The van der Waals surface area contributed by atoms with Crippen molar-refractivity contribution in [1.82, 2.24) is 0 Å². The summed E-state index contributed by atoms with van der Waals surface area (Å²) in [6.45, 7) is 0. The Labute approximate surface area is 139 Å². The fraction of sp³-hybridized carbons (Fsp3) is 0.0833. The first-order chi connectivity index (χ1) is 9.89. The monoisotopic (exact) mass is 406 g/mol. The summed E-state index contributed by atoms with van der Waals surface area (Å²) in [6.07, 6.45) is 0. The van der Waals surface area contributed by atoms with Gasteiger partial charge in [0.25, 0.3) is 10.0 Å². The molecule has 0 saturated heterocycles. The lowest BCUT2D eigenvalue weighted by Crippen LogP contribution is -2.13. The summed E-state index contributed by atoms with van der Waals surface area (Å²) in [5.74, 6) is 0.263. The van der Waals surface area contributed by atoms with Crippen LogP contribution in [0, 0.1) is 11.3 Å². The molecule has 0 radical (unpaired) electrons. The zero-order chi connectivity index (χ0) is 15.6. The topological polar surface area (TPSA) is 79.2 Å². The number of hydrogen-bond donors (Lipinski definition) is 1. The third-order valence-electron chi connectivity index (χ3n) is 2.49. The van der Waals surface area contributed by atoms with Crippen LogP contribution in [0.4, 0.5) is 5.69 Å². The number of benzene rings is 1. The highest BCUT2D eigenvalue weighted by Crippen LogP contribution is 2.37. The minimum atomic E-state index is -3.86. The second kappa shape index (κ2) is 6.23. The van der Waals surface area contributed by atoms with Crippen LogP contribution in [0.25, 0.3) is 0 Å². The van der Waals surface area contributed by atoms with Crippen LogP contribution in [0.5, 0.6) is 5.75 Å². The van der Waals surface area contributed by atoms with Gasteiger partial charge in [-0.2, -0.15) is 5.26 Å². The van der Waals surface area contributed by atoms with Gasteiger partial charge in [0.1, 0.15) is 21.7 Å². The average Bonchev–Trinajstić information content (AvgIpc) is 2.79. The van der Waals surface area contributed by atoms with Crippen LogP contribution in [0.1, 0.15) is 5.56 Å². The average molecular weight is 408 g/mol. The first kappa shape index (κ1) is 16.1. The van der Waals surface area contributed by atoms with E-state index < -0.39 is 10.0 Å². The molecule has 9 heteroatoms. The molecule has 1 aromatic carbocycles. The van der Waals surface area contributed by atoms with Gasteiger partial charge in [0.2, 0.25) is 0 Å². The van der Waals surface area contributed by atoms with Crippen molar-refractivity contribution in [2.45, 2.75) is 4.21 Å². The molecule has 0 saturated carbocycles. The number of anilines is 1. The first-order valence-electron chi connectivity index (χ1n) is 5.44. The van der Waals surface area contributed by atoms with Crippen molar-refractivity contribution >= 4 is 54.6 Å². The molecule has 110 valence electrons. The molecule has 0 spiro atoms. The Morgan fingerprint density at radius 1 is 1.48 bits per heavy atom. The maximum atomic E-state index is 12.4.